The van der Waals surface area contributed by atoms with Gasteiger partial charge in [0.15, 0.2) is 0 Å². The number of piperidine rings is 1. The number of nitrogens with two attached hydrogens (primary N) is 1. The van der Waals surface area contributed by atoms with Crippen LogP contribution in [0.15, 0.2) is 0 Å². The molecule has 0 spiro atoms. The molecule has 20 heavy (non-hydrogen) atoms. The fraction of sp³-hybridized carbons (Fsp3) is 0.867. The van der Waals surface area contributed by atoms with Crippen LogP contribution in [0.5, 0.6) is 0 Å². The Labute approximate surface area is 121 Å². The van der Waals surface area contributed by atoms with Gasteiger partial charge in [0.05, 0.1) is 6.54 Å². The van der Waals surface area contributed by atoms with Crippen molar-refractivity contribution < 1.29 is 9.59 Å². The van der Waals surface area contributed by atoms with E-state index in [2.05, 4.69) is 5.32 Å². The highest BCUT2D eigenvalue weighted by Crippen LogP contribution is 2.26. The quantitative estimate of drug-likeness (QED) is 0.790. The van der Waals surface area contributed by atoms with Crippen molar-refractivity contribution in [2.24, 2.45) is 11.7 Å². The Bertz CT molecular complexity index is 340. The van der Waals surface area contributed by atoms with Crippen LogP contribution in [0.4, 0.5) is 0 Å². The molecule has 1 unspecified atom stereocenters. The van der Waals surface area contributed by atoms with E-state index >= 15 is 0 Å². The molecule has 1 saturated heterocycles. The van der Waals surface area contributed by atoms with E-state index in [1.165, 1.54) is 19.3 Å². The molecule has 0 aromatic carbocycles. The largest absolute Gasteiger partial charge is 0.350 e. The van der Waals surface area contributed by atoms with Crippen molar-refractivity contribution >= 4 is 11.8 Å². The molecule has 5 heteroatoms. The van der Waals surface area contributed by atoms with Crippen molar-refractivity contribution in [3.63, 3.8) is 0 Å². The van der Waals surface area contributed by atoms with Gasteiger partial charge in [-0.1, -0.05) is 19.3 Å². The van der Waals surface area contributed by atoms with E-state index in [-0.39, 0.29) is 24.4 Å². The highest BCUT2D eigenvalue weighted by Gasteiger charge is 2.26. The summed E-state index contributed by atoms with van der Waals surface area (Å²) in [7, 11) is 0. The van der Waals surface area contributed by atoms with Crippen LogP contribution < -0.4 is 11.1 Å². The molecule has 114 valence electrons. The summed E-state index contributed by atoms with van der Waals surface area (Å²) in [5.41, 5.74) is 5.82. The molecule has 1 atom stereocenters. The van der Waals surface area contributed by atoms with Crippen molar-refractivity contribution in [3.05, 3.63) is 0 Å². The number of carbonyl (C=O) groups excluding carboxylic acids is 2. The van der Waals surface area contributed by atoms with Gasteiger partial charge in [0.2, 0.25) is 11.8 Å². The second-order valence-corrected chi connectivity index (χ2v) is 6.08. The molecule has 1 heterocycles. The number of hydrogen-bond acceptors (Lipinski definition) is 3. The van der Waals surface area contributed by atoms with Crippen LogP contribution in [0.2, 0.25) is 0 Å². The fourth-order valence-corrected chi connectivity index (χ4v) is 3.36. The summed E-state index contributed by atoms with van der Waals surface area (Å²) in [6, 6.07) is 0.0719. The van der Waals surface area contributed by atoms with Crippen LogP contribution in [0, 0.1) is 5.92 Å². The maximum atomic E-state index is 12.1. The number of nitrogens with zero attached hydrogens (tertiary/aromatic N) is 1. The highest BCUT2D eigenvalue weighted by molar-refractivity contribution is 5.85. The van der Waals surface area contributed by atoms with Gasteiger partial charge in [-0.05, 0) is 31.6 Å². The molecule has 2 rings (SSSR count). The van der Waals surface area contributed by atoms with Crippen LogP contribution in [0.1, 0.15) is 51.4 Å². The van der Waals surface area contributed by atoms with E-state index in [1.807, 2.05) is 0 Å². The van der Waals surface area contributed by atoms with Gasteiger partial charge in [-0.3, -0.25) is 9.59 Å². The molecule has 0 radical (unpaired) electrons. The molecule has 2 aliphatic rings. The van der Waals surface area contributed by atoms with E-state index in [0.717, 1.165) is 25.7 Å². The first kappa shape index (κ1) is 15.3. The average Bonchev–Trinajstić information content (AvgIpc) is 2.48. The Hall–Kier alpha value is -1.10. The Morgan fingerprint density at radius 1 is 1.25 bits per heavy atom. The summed E-state index contributed by atoms with van der Waals surface area (Å²) in [5.74, 6) is 0.560. The SMILES string of the molecule is NCC(NC(=O)CN1CCCCC1=O)C1CCCCC1. The zero-order valence-electron chi connectivity index (χ0n) is 12.3. The lowest BCUT2D eigenvalue weighted by Gasteiger charge is -2.31. The predicted octanol–water partition coefficient (Wildman–Crippen LogP) is 1.02. The van der Waals surface area contributed by atoms with Gasteiger partial charge in [0.1, 0.15) is 0 Å². The zero-order chi connectivity index (χ0) is 14.4. The van der Waals surface area contributed by atoms with Gasteiger partial charge in [-0.15, -0.1) is 0 Å². The van der Waals surface area contributed by atoms with E-state index < -0.39 is 0 Å². The molecule has 1 aliphatic carbocycles. The third kappa shape index (κ3) is 4.20. The lowest BCUT2D eigenvalue weighted by Crippen LogP contribution is -2.50. The summed E-state index contributed by atoms with van der Waals surface area (Å²) in [6.45, 7) is 1.40. The molecule has 3 N–H and O–H groups in total. The average molecular weight is 281 g/mol. The molecule has 5 nitrogen and oxygen atoms in total. The summed E-state index contributed by atoms with van der Waals surface area (Å²) in [6.07, 6.45) is 8.62. The van der Waals surface area contributed by atoms with E-state index in [9.17, 15) is 9.59 Å². The Kier molecular flexibility index (Phi) is 5.83. The second kappa shape index (κ2) is 7.62. The Morgan fingerprint density at radius 2 is 2.00 bits per heavy atom. The van der Waals surface area contributed by atoms with Crippen molar-refractivity contribution in [3.8, 4) is 0 Å². The van der Waals surface area contributed by atoms with Crippen molar-refractivity contribution in [1.29, 1.82) is 0 Å². The number of hydrogen-bond donors (Lipinski definition) is 2. The maximum Gasteiger partial charge on any atom is 0.239 e. The molecular formula is C15H27N3O2. The minimum Gasteiger partial charge on any atom is -0.350 e. The first-order chi connectivity index (χ1) is 9.70. The first-order valence-corrected chi connectivity index (χ1v) is 7.98. The standard InChI is InChI=1S/C15H27N3O2/c16-10-13(12-6-2-1-3-7-12)17-14(19)11-18-9-5-4-8-15(18)20/h12-13H,1-11,16H2,(H,17,19). The van der Waals surface area contributed by atoms with Crippen LogP contribution in [-0.2, 0) is 9.59 Å². The third-order valence-corrected chi connectivity index (χ3v) is 4.58. The molecular weight excluding hydrogens is 254 g/mol. The number of likely N-dealkylation sites (tertiary alicyclic amines) is 1. The lowest BCUT2D eigenvalue weighted by atomic mass is 9.84. The number of rotatable bonds is 5. The second-order valence-electron chi connectivity index (χ2n) is 6.08. The smallest absolute Gasteiger partial charge is 0.239 e. The van der Waals surface area contributed by atoms with Crippen molar-refractivity contribution in [1.82, 2.24) is 10.2 Å². The van der Waals surface area contributed by atoms with E-state index in [4.69, 9.17) is 5.73 Å². The van der Waals surface area contributed by atoms with Gasteiger partial charge in [0.25, 0.3) is 0 Å². The van der Waals surface area contributed by atoms with Crippen LogP contribution in [0.25, 0.3) is 0 Å². The number of nitrogens with one attached hydrogen (secondary N) is 1. The van der Waals surface area contributed by atoms with Crippen LogP contribution in [-0.4, -0.2) is 42.4 Å². The van der Waals surface area contributed by atoms with E-state index in [0.29, 0.717) is 25.4 Å². The molecule has 2 amide bonds. The summed E-state index contributed by atoms with van der Waals surface area (Å²) < 4.78 is 0. The summed E-state index contributed by atoms with van der Waals surface area (Å²) >= 11 is 0. The lowest BCUT2D eigenvalue weighted by molar-refractivity contribution is -0.138. The molecule has 1 saturated carbocycles. The van der Waals surface area contributed by atoms with Crippen LogP contribution in [0.3, 0.4) is 0 Å². The van der Waals surface area contributed by atoms with Gasteiger partial charge < -0.3 is 16.0 Å². The zero-order valence-corrected chi connectivity index (χ0v) is 12.3. The summed E-state index contributed by atoms with van der Waals surface area (Å²) in [5, 5.41) is 3.05. The van der Waals surface area contributed by atoms with Gasteiger partial charge >= 0.3 is 0 Å². The Morgan fingerprint density at radius 3 is 2.65 bits per heavy atom. The number of carbonyl (C=O) groups is 2. The molecule has 0 bridgehead atoms. The van der Waals surface area contributed by atoms with Gasteiger partial charge in [-0.2, -0.15) is 0 Å². The molecule has 0 aromatic rings. The van der Waals surface area contributed by atoms with Crippen molar-refractivity contribution in [2.75, 3.05) is 19.6 Å². The molecule has 1 aliphatic heterocycles. The normalized spacial score (nSPS) is 22.6. The minimum atomic E-state index is -0.0544. The number of amides is 2. The monoisotopic (exact) mass is 281 g/mol. The van der Waals surface area contributed by atoms with E-state index in [1.54, 1.807) is 4.90 Å². The topological polar surface area (TPSA) is 75.4 Å². The predicted molar refractivity (Wildman–Crippen MR) is 78.0 cm³/mol. The highest BCUT2D eigenvalue weighted by atomic mass is 16.2. The van der Waals surface area contributed by atoms with Crippen LogP contribution >= 0.6 is 0 Å². The molecule has 2 fully saturated rings. The molecule has 0 aromatic heterocycles. The fourth-order valence-electron chi connectivity index (χ4n) is 3.36. The van der Waals surface area contributed by atoms with Gasteiger partial charge in [-0.25, -0.2) is 0 Å². The van der Waals surface area contributed by atoms with Crippen molar-refractivity contribution in [2.45, 2.75) is 57.4 Å². The maximum absolute atomic E-state index is 12.1. The Balaban J connectivity index is 1.80. The van der Waals surface area contributed by atoms with Gasteiger partial charge in [0, 0.05) is 25.6 Å². The summed E-state index contributed by atoms with van der Waals surface area (Å²) in [4.78, 5) is 25.5. The third-order valence-electron chi connectivity index (χ3n) is 4.58. The minimum absolute atomic E-state index is 0.0544. The first-order valence-electron chi connectivity index (χ1n) is 7.98.